The molecule has 0 unspecified atom stereocenters. The average molecular weight is 496 g/mol. The number of likely N-dealkylation sites (N-methyl/N-ethyl adjacent to an activating group) is 1. The lowest BCUT2D eigenvalue weighted by Crippen LogP contribution is -2.56. The first-order valence-corrected chi connectivity index (χ1v) is 13.1. The van der Waals surface area contributed by atoms with Crippen molar-refractivity contribution in [2.75, 3.05) is 64.3 Å². The maximum Gasteiger partial charge on any atom is 0.282 e. The van der Waals surface area contributed by atoms with Crippen LogP contribution in [0.15, 0.2) is 61.3 Å². The van der Waals surface area contributed by atoms with Gasteiger partial charge < -0.3 is 9.80 Å². The van der Waals surface area contributed by atoms with Gasteiger partial charge in [-0.25, -0.2) is 9.97 Å². The molecule has 2 aromatic heterocycles. The van der Waals surface area contributed by atoms with Gasteiger partial charge in [-0.2, -0.15) is 17.0 Å². The number of hydrogen-bond acceptors (Lipinski definition) is 7. The van der Waals surface area contributed by atoms with E-state index in [1.807, 2.05) is 31.3 Å². The Labute approximate surface area is 205 Å². The van der Waals surface area contributed by atoms with Crippen molar-refractivity contribution >= 4 is 21.7 Å². The fourth-order valence-electron chi connectivity index (χ4n) is 4.42. The second kappa shape index (κ2) is 9.86. The van der Waals surface area contributed by atoms with E-state index in [-0.39, 0.29) is 5.78 Å². The number of piperazine rings is 2. The summed E-state index contributed by atoms with van der Waals surface area (Å²) in [6.07, 6.45) is 6.70. The van der Waals surface area contributed by atoms with E-state index in [9.17, 15) is 13.2 Å². The van der Waals surface area contributed by atoms with Gasteiger partial charge in [-0.15, -0.1) is 0 Å². The smallest absolute Gasteiger partial charge is 0.282 e. The van der Waals surface area contributed by atoms with Crippen molar-refractivity contribution in [2.45, 2.75) is 0 Å². The van der Waals surface area contributed by atoms with Crippen molar-refractivity contribution in [2.24, 2.45) is 0 Å². The summed E-state index contributed by atoms with van der Waals surface area (Å²) in [6, 6.07) is 11.0. The Balaban J connectivity index is 1.19. The van der Waals surface area contributed by atoms with Crippen molar-refractivity contribution < 1.29 is 13.2 Å². The van der Waals surface area contributed by atoms with Crippen LogP contribution in [0.1, 0.15) is 15.9 Å². The Kier molecular flexibility index (Phi) is 6.65. The van der Waals surface area contributed by atoms with Crippen LogP contribution in [0.25, 0.3) is 5.82 Å². The second-order valence-corrected chi connectivity index (χ2v) is 10.8. The molecule has 2 aliphatic heterocycles. The van der Waals surface area contributed by atoms with Gasteiger partial charge in [-0.05, 0) is 43.4 Å². The Morgan fingerprint density at radius 3 is 2.03 bits per heavy atom. The number of nitrogens with zero attached hydrogens (tertiary/aromatic N) is 7. The monoisotopic (exact) mass is 495 g/mol. The van der Waals surface area contributed by atoms with Crippen molar-refractivity contribution in [3.05, 3.63) is 72.4 Å². The topological polar surface area (TPSA) is 94.9 Å². The zero-order chi connectivity index (χ0) is 24.4. The molecule has 11 heteroatoms. The van der Waals surface area contributed by atoms with Crippen LogP contribution in [0, 0.1) is 0 Å². The summed E-state index contributed by atoms with van der Waals surface area (Å²) in [5, 5.41) is 0. The van der Waals surface area contributed by atoms with E-state index in [0.29, 0.717) is 56.2 Å². The number of carbonyl (C=O) groups excluding carboxylic acids is 1. The van der Waals surface area contributed by atoms with E-state index in [2.05, 4.69) is 19.8 Å². The molecule has 0 atom stereocenters. The van der Waals surface area contributed by atoms with Crippen LogP contribution in [0.5, 0.6) is 0 Å². The van der Waals surface area contributed by atoms with Gasteiger partial charge in [0, 0.05) is 87.8 Å². The van der Waals surface area contributed by atoms with E-state index < -0.39 is 10.2 Å². The molecule has 0 aliphatic carbocycles. The molecule has 2 aliphatic rings. The number of ketones is 1. The lowest BCUT2D eigenvalue weighted by atomic mass is 10.0. The van der Waals surface area contributed by atoms with Crippen LogP contribution in [0.2, 0.25) is 0 Å². The summed E-state index contributed by atoms with van der Waals surface area (Å²) in [5.41, 5.74) is 2.08. The number of aromatic nitrogens is 3. The van der Waals surface area contributed by atoms with Gasteiger partial charge in [0.2, 0.25) is 0 Å². The zero-order valence-electron chi connectivity index (χ0n) is 19.7. The highest BCUT2D eigenvalue weighted by Gasteiger charge is 2.33. The average Bonchev–Trinajstić information content (AvgIpc) is 3.44. The summed E-state index contributed by atoms with van der Waals surface area (Å²) >= 11 is 0. The van der Waals surface area contributed by atoms with Crippen LogP contribution in [0.4, 0.5) is 5.69 Å². The van der Waals surface area contributed by atoms with Gasteiger partial charge in [0.05, 0.1) is 0 Å². The molecule has 2 saturated heterocycles. The molecule has 0 spiro atoms. The number of benzene rings is 1. The zero-order valence-corrected chi connectivity index (χ0v) is 20.5. The van der Waals surface area contributed by atoms with Crippen molar-refractivity contribution in [3.63, 3.8) is 0 Å². The van der Waals surface area contributed by atoms with Crippen LogP contribution in [-0.4, -0.2) is 102 Å². The number of anilines is 1. The van der Waals surface area contributed by atoms with Crippen LogP contribution in [-0.2, 0) is 10.2 Å². The van der Waals surface area contributed by atoms with E-state index in [0.717, 1.165) is 18.8 Å². The third-order valence-corrected chi connectivity index (χ3v) is 8.66. The first-order chi connectivity index (χ1) is 16.9. The van der Waals surface area contributed by atoms with E-state index in [1.54, 1.807) is 50.2 Å². The van der Waals surface area contributed by atoms with E-state index >= 15 is 0 Å². The maximum absolute atomic E-state index is 13.0. The van der Waals surface area contributed by atoms with Crippen LogP contribution in [0.3, 0.4) is 0 Å². The molecule has 35 heavy (non-hydrogen) atoms. The third-order valence-electron chi connectivity index (χ3n) is 6.63. The largest absolute Gasteiger partial charge is 0.369 e. The fourth-order valence-corrected chi connectivity index (χ4v) is 5.99. The van der Waals surface area contributed by atoms with Gasteiger partial charge in [-0.3, -0.25) is 9.36 Å². The molecular weight excluding hydrogens is 466 g/mol. The Bertz CT molecular complexity index is 1250. The molecule has 0 amide bonds. The Morgan fingerprint density at radius 1 is 0.829 bits per heavy atom. The molecule has 5 rings (SSSR count). The summed E-state index contributed by atoms with van der Waals surface area (Å²) in [5.74, 6) is 0.604. The highest BCUT2D eigenvalue weighted by molar-refractivity contribution is 7.86. The first kappa shape index (κ1) is 23.6. The molecule has 10 nitrogen and oxygen atoms in total. The highest BCUT2D eigenvalue weighted by Crippen LogP contribution is 2.21. The Hall–Kier alpha value is -3.12. The summed E-state index contributed by atoms with van der Waals surface area (Å²) in [4.78, 5) is 25.6. The van der Waals surface area contributed by atoms with Crippen LogP contribution < -0.4 is 4.90 Å². The molecule has 184 valence electrons. The molecule has 3 aromatic rings. The van der Waals surface area contributed by atoms with Gasteiger partial charge >= 0.3 is 0 Å². The summed E-state index contributed by atoms with van der Waals surface area (Å²) in [7, 11) is -1.41. The molecule has 4 heterocycles. The highest BCUT2D eigenvalue weighted by atomic mass is 32.2. The van der Waals surface area contributed by atoms with E-state index in [1.165, 1.54) is 0 Å². The number of carbonyl (C=O) groups is 1. The molecule has 0 radical (unpaired) electrons. The quantitative estimate of drug-likeness (QED) is 0.473. The standard InChI is InChI=1S/C24H29N7O3S/c1-27-10-14-30(15-11-27)35(33,34)31-16-12-28(13-17-31)22-5-2-20(3-6-22)24(32)21-4-7-23(26-18-21)29-9-8-25-19-29/h2-9,18-19H,10-17H2,1H3. The van der Waals surface area contributed by atoms with Crippen molar-refractivity contribution in [1.82, 2.24) is 28.0 Å². The van der Waals surface area contributed by atoms with Gasteiger partial charge in [0.25, 0.3) is 10.2 Å². The Morgan fingerprint density at radius 2 is 1.46 bits per heavy atom. The lowest BCUT2D eigenvalue weighted by molar-refractivity contribution is 0.103. The SMILES string of the molecule is CN1CCN(S(=O)(=O)N2CCN(c3ccc(C(=O)c4ccc(-n5ccnc5)nc4)cc3)CC2)CC1. The fraction of sp³-hybridized carbons (Fsp3) is 0.375. The summed E-state index contributed by atoms with van der Waals surface area (Å²) < 4.78 is 31.0. The third kappa shape index (κ3) is 4.98. The minimum Gasteiger partial charge on any atom is -0.369 e. The molecule has 1 aromatic carbocycles. The second-order valence-electron chi connectivity index (χ2n) is 8.85. The lowest BCUT2D eigenvalue weighted by Gasteiger charge is -2.39. The molecule has 2 fully saturated rings. The summed E-state index contributed by atoms with van der Waals surface area (Å²) in [6.45, 7) is 4.71. The van der Waals surface area contributed by atoms with Crippen molar-refractivity contribution in [1.29, 1.82) is 0 Å². The van der Waals surface area contributed by atoms with Gasteiger partial charge in [-0.1, -0.05) is 0 Å². The van der Waals surface area contributed by atoms with E-state index in [4.69, 9.17) is 0 Å². The molecule has 0 bridgehead atoms. The predicted octanol–water partition coefficient (Wildman–Crippen LogP) is 1.11. The number of rotatable bonds is 6. The molecular formula is C24H29N7O3S. The minimum atomic E-state index is -3.42. The minimum absolute atomic E-state index is 0.0932. The van der Waals surface area contributed by atoms with Crippen molar-refractivity contribution in [3.8, 4) is 5.82 Å². The number of pyridine rings is 1. The number of imidazole rings is 1. The van der Waals surface area contributed by atoms with Gasteiger partial charge in [0.15, 0.2) is 5.78 Å². The van der Waals surface area contributed by atoms with Gasteiger partial charge in [0.1, 0.15) is 12.1 Å². The molecule has 0 saturated carbocycles. The maximum atomic E-state index is 13.0. The predicted molar refractivity (Wildman–Crippen MR) is 133 cm³/mol. The first-order valence-electron chi connectivity index (χ1n) is 11.7. The number of hydrogen-bond donors (Lipinski definition) is 0. The normalized spacial score (nSPS) is 18.6. The molecule has 0 N–H and O–H groups in total. The van der Waals surface area contributed by atoms with Crippen LogP contribution >= 0.6 is 0 Å².